The summed E-state index contributed by atoms with van der Waals surface area (Å²) in [7, 11) is 0. The van der Waals surface area contributed by atoms with Gasteiger partial charge in [-0.1, -0.05) is 143 Å². The molecule has 0 bridgehead atoms. The summed E-state index contributed by atoms with van der Waals surface area (Å²) in [6.07, 6.45) is 34.2. The summed E-state index contributed by atoms with van der Waals surface area (Å²) >= 11 is 0. The number of hydrogen-bond acceptors (Lipinski definition) is 5. The van der Waals surface area contributed by atoms with Crippen LogP contribution >= 0.6 is 0 Å². The summed E-state index contributed by atoms with van der Waals surface area (Å²) in [4.78, 5) is 0. The largest absolute Gasteiger partial charge is 0.379 e. The molecule has 1 heterocycles. The van der Waals surface area contributed by atoms with Crippen molar-refractivity contribution >= 4 is 0 Å². The van der Waals surface area contributed by atoms with E-state index >= 15 is 0 Å². The smallest absolute Gasteiger partial charge is 0.115 e. The Bertz CT molecular complexity index is 640. The summed E-state index contributed by atoms with van der Waals surface area (Å²) < 4.78 is 32.7. The molecule has 5 atom stereocenters. The lowest BCUT2D eigenvalue weighted by Crippen LogP contribution is -2.61. The normalized spacial score (nSPS) is 21.9. The maximum absolute atomic E-state index is 6.84. The highest BCUT2D eigenvalue weighted by Gasteiger charge is 2.47. The number of rotatable bonds is 34. The highest BCUT2D eigenvalue weighted by Crippen LogP contribution is 2.32. The molecule has 0 aromatic heterocycles. The molecule has 1 fully saturated rings. The van der Waals surface area contributed by atoms with E-state index in [0.717, 1.165) is 97.1 Å². The molecule has 1 aliphatic heterocycles. The first-order valence-electron chi connectivity index (χ1n) is 20.5. The maximum Gasteiger partial charge on any atom is 0.115 e. The van der Waals surface area contributed by atoms with E-state index in [9.17, 15) is 0 Å². The average molecular weight is 653 g/mol. The monoisotopic (exact) mass is 653 g/mol. The second kappa shape index (κ2) is 33.1. The van der Waals surface area contributed by atoms with Crippen molar-refractivity contribution in [2.45, 2.75) is 219 Å². The zero-order valence-corrected chi connectivity index (χ0v) is 31.6. The standard InChI is InChI=1S/C41H80O5/c1-6-11-16-17-18-19-20-21-22-23-24-25-26-27-28-29-30-31-37-39(43-33-13-8-3)41(45-35-15-10-5)40(44-34-14-9-4)38(46-37)36-42-32-12-7-2/h27-28,37-41H,6-26,29-36H2,1-5H3/b28-27+/t37-,38-,39+,40+,41-/m1/s1. The van der Waals surface area contributed by atoms with Crippen LogP contribution in [0, 0.1) is 0 Å². The summed E-state index contributed by atoms with van der Waals surface area (Å²) in [6, 6.07) is 0. The van der Waals surface area contributed by atoms with Crippen LogP contribution in [0.25, 0.3) is 0 Å². The fourth-order valence-corrected chi connectivity index (χ4v) is 6.26. The third kappa shape index (κ3) is 22.2. The molecule has 1 saturated heterocycles. The average Bonchev–Trinajstić information content (AvgIpc) is 3.06. The predicted molar refractivity (Wildman–Crippen MR) is 197 cm³/mol. The van der Waals surface area contributed by atoms with Gasteiger partial charge in [-0.15, -0.1) is 0 Å². The molecule has 0 aliphatic carbocycles. The maximum atomic E-state index is 6.84. The minimum atomic E-state index is -0.164. The van der Waals surface area contributed by atoms with Crippen molar-refractivity contribution in [2.75, 3.05) is 33.0 Å². The van der Waals surface area contributed by atoms with E-state index in [4.69, 9.17) is 23.7 Å². The van der Waals surface area contributed by atoms with Crippen molar-refractivity contribution in [3.05, 3.63) is 12.2 Å². The Morgan fingerprint density at radius 3 is 1.35 bits per heavy atom. The molecule has 1 aliphatic rings. The zero-order chi connectivity index (χ0) is 33.3. The molecule has 1 rings (SSSR count). The van der Waals surface area contributed by atoms with E-state index < -0.39 is 0 Å². The number of hydrogen-bond donors (Lipinski definition) is 0. The van der Waals surface area contributed by atoms with Crippen LogP contribution < -0.4 is 0 Å². The van der Waals surface area contributed by atoms with Gasteiger partial charge in [0.15, 0.2) is 0 Å². The topological polar surface area (TPSA) is 46.2 Å². The van der Waals surface area contributed by atoms with Gasteiger partial charge in [0, 0.05) is 26.4 Å². The van der Waals surface area contributed by atoms with E-state index in [1.54, 1.807) is 0 Å². The minimum Gasteiger partial charge on any atom is -0.379 e. The fraction of sp³-hybridized carbons (Fsp3) is 0.951. The third-order valence-corrected chi connectivity index (χ3v) is 9.33. The molecule has 274 valence electrons. The first-order valence-corrected chi connectivity index (χ1v) is 20.5. The van der Waals surface area contributed by atoms with Crippen LogP contribution in [0.4, 0.5) is 0 Å². The van der Waals surface area contributed by atoms with E-state index in [2.05, 4.69) is 46.8 Å². The predicted octanol–water partition coefficient (Wildman–Crippen LogP) is 11.9. The lowest BCUT2D eigenvalue weighted by Gasteiger charge is -2.46. The molecule has 46 heavy (non-hydrogen) atoms. The zero-order valence-electron chi connectivity index (χ0n) is 31.6. The molecule has 0 amide bonds. The van der Waals surface area contributed by atoms with Crippen molar-refractivity contribution in [1.29, 1.82) is 0 Å². The lowest BCUT2D eigenvalue weighted by molar-refractivity contribution is -0.267. The van der Waals surface area contributed by atoms with Crippen LogP contribution in [0.1, 0.15) is 189 Å². The van der Waals surface area contributed by atoms with E-state index in [0.29, 0.717) is 6.61 Å². The summed E-state index contributed by atoms with van der Waals surface area (Å²) in [6.45, 7) is 14.7. The molecule has 0 unspecified atom stereocenters. The Hall–Kier alpha value is -0.460. The van der Waals surface area contributed by atoms with Crippen molar-refractivity contribution in [3.63, 3.8) is 0 Å². The number of allylic oxidation sites excluding steroid dienone is 2. The van der Waals surface area contributed by atoms with Gasteiger partial charge in [-0.05, 0) is 57.8 Å². The lowest BCUT2D eigenvalue weighted by atomic mass is 9.91. The molecule has 0 saturated carbocycles. The van der Waals surface area contributed by atoms with Crippen LogP contribution in [0.5, 0.6) is 0 Å². The van der Waals surface area contributed by atoms with Crippen LogP contribution in [0.2, 0.25) is 0 Å². The molecule has 0 aromatic rings. The molecule has 5 heteroatoms. The van der Waals surface area contributed by atoms with Gasteiger partial charge >= 0.3 is 0 Å². The summed E-state index contributed by atoms with van der Waals surface area (Å²) in [5.74, 6) is 0. The quantitative estimate of drug-likeness (QED) is 0.0511. The molecular formula is C41H80O5. The van der Waals surface area contributed by atoms with E-state index in [-0.39, 0.29) is 30.5 Å². The molecule has 0 radical (unpaired) electrons. The Labute approximate surface area is 287 Å². The molecule has 5 nitrogen and oxygen atoms in total. The summed E-state index contributed by atoms with van der Waals surface area (Å²) in [5, 5.41) is 0. The van der Waals surface area contributed by atoms with Crippen molar-refractivity contribution < 1.29 is 23.7 Å². The van der Waals surface area contributed by atoms with Gasteiger partial charge in [0.05, 0.1) is 12.7 Å². The van der Waals surface area contributed by atoms with Gasteiger partial charge in [-0.25, -0.2) is 0 Å². The minimum absolute atomic E-state index is 0.000904. The van der Waals surface area contributed by atoms with E-state index in [1.807, 2.05) is 0 Å². The Balaban J connectivity index is 2.59. The molecular weight excluding hydrogens is 572 g/mol. The third-order valence-electron chi connectivity index (χ3n) is 9.33. The van der Waals surface area contributed by atoms with Crippen molar-refractivity contribution in [1.82, 2.24) is 0 Å². The first kappa shape index (κ1) is 43.6. The Kier molecular flexibility index (Phi) is 31.3. The SMILES string of the molecule is CCCCCCCCCCCCCC/C=C/CCC[C@H]1O[C@H](COCCCC)[C@H](OCCCC)[C@H](OCCCC)[C@H]1OCCCC. The summed E-state index contributed by atoms with van der Waals surface area (Å²) in [5.41, 5.74) is 0. The van der Waals surface area contributed by atoms with Crippen LogP contribution in [0.15, 0.2) is 12.2 Å². The second-order valence-electron chi connectivity index (χ2n) is 13.8. The molecule has 0 aromatic carbocycles. The van der Waals surface area contributed by atoms with Crippen LogP contribution in [-0.2, 0) is 23.7 Å². The number of ether oxygens (including phenoxy) is 5. The van der Waals surface area contributed by atoms with Gasteiger partial charge in [-0.3, -0.25) is 0 Å². The van der Waals surface area contributed by atoms with Crippen molar-refractivity contribution in [3.8, 4) is 0 Å². The number of unbranched alkanes of at least 4 members (excludes halogenated alkanes) is 17. The van der Waals surface area contributed by atoms with Crippen molar-refractivity contribution in [2.24, 2.45) is 0 Å². The van der Waals surface area contributed by atoms with Gasteiger partial charge in [-0.2, -0.15) is 0 Å². The molecule has 0 spiro atoms. The highest BCUT2D eigenvalue weighted by atomic mass is 16.6. The van der Waals surface area contributed by atoms with Gasteiger partial charge < -0.3 is 23.7 Å². The van der Waals surface area contributed by atoms with Gasteiger partial charge in [0.1, 0.15) is 24.4 Å². The van der Waals surface area contributed by atoms with Gasteiger partial charge in [0.2, 0.25) is 0 Å². The Morgan fingerprint density at radius 1 is 0.413 bits per heavy atom. The fourth-order valence-electron chi connectivity index (χ4n) is 6.26. The second-order valence-corrected chi connectivity index (χ2v) is 13.8. The Morgan fingerprint density at radius 2 is 0.826 bits per heavy atom. The van der Waals surface area contributed by atoms with Crippen LogP contribution in [-0.4, -0.2) is 63.6 Å². The highest BCUT2D eigenvalue weighted by molar-refractivity contribution is 4.96. The molecule has 0 N–H and O–H groups in total. The first-order chi connectivity index (χ1) is 22.7. The van der Waals surface area contributed by atoms with Gasteiger partial charge in [0.25, 0.3) is 0 Å². The van der Waals surface area contributed by atoms with Crippen LogP contribution in [0.3, 0.4) is 0 Å². The van der Waals surface area contributed by atoms with E-state index in [1.165, 1.54) is 83.5 Å².